The van der Waals surface area contributed by atoms with Crippen LogP contribution in [0.5, 0.6) is 5.75 Å². The Morgan fingerprint density at radius 3 is 2.88 bits per heavy atom. The van der Waals surface area contributed by atoms with E-state index in [1.165, 1.54) is 19.5 Å². The number of aromatic nitrogens is 1. The van der Waals surface area contributed by atoms with Gasteiger partial charge < -0.3 is 4.74 Å². The highest BCUT2D eigenvalue weighted by Gasteiger charge is 2.21. The minimum absolute atomic E-state index is 0.719. The number of piperidine rings is 1. The lowest BCUT2D eigenvalue weighted by atomic mass is 9.92. The lowest BCUT2D eigenvalue weighted by Crippen LogP contribution is -2.40. The zero-order chi connectivity index (χ0) is 18.4. The zero-order valence-electron chi connectivity index (χ0n) is 15.8. The number of aryl methyl sites for hydroxylation is 1. The highest BCUT2D eigenvalue weighted by atomic mass is 32.1. The first-order valence-electron chi connectivity index (χ1n) is 9.25. The molecule has 2 heterocycles. The van der Waals surface area contributed by atoms with Crippen LogP contribution in [0.1, 0.15) is 31.5 Å². The van der Waals surface area contributed by atoms with Crippen molar-refractivity contribution >= 4 is 22.7 Å². The molecule has 1 aliphatic heterocycles. The maximum absolute atomic E-state index is 5.95. The van der Waals surface area contributed by atoms with Crippen molar-refractivity contribution in [2.24, 2.45) is 16.9 Å². The number of nitrogens with one attached hydrogen (secondary N) is 1. The lowest BCUT2D eigenvalue weighted by Gasteiger charge is -2.34. The third-order valence-electron chi connectivity index (χ3n) is 4.47. The molecule has 2 aromatic rings. The summed E-state index contributed by atoms with van der Waals surface area (Å²) in [5.41, 5.74) is 4.96. The molecule has 1 fully saturated rings. The second-order valence-electron chi connectivity index (χ2n) is 7.29. The van der Waals surface area contributed by atoms with Crippen LogP contribution < -0.4 is 10.2 Å². The van der Waals surface area contributed by atoms with E-state index in [0.717, 1.165) is 47.1 Å². The summed E-state index contributed by atoms with van der Waals surface area (Å²) in [6.45, 7) is 10.7. The molecule has 2 atom stereocenters. The molecule has 0 radical (unpaired) electrons. The summed E-state index contributed by atoms with van der Waals surface area (Å²) in [7, 11) is 0. The van der Waals surface area contributed by atoms with Gasteiger partial charge in [0, 0.05) is 25.0 Å². The fraction of sp³-hybridized carbons (Fsp3) is 0.500. The van der Waals surface area contributed by atoms with Crippen LogP contribution in [-0.2, 0) is 0 Å². The van der Waals surface area contributed by atoms with Crippen LogP contribution >= 0.6 is 11.3 Å². The molecule has 6 heteroatoms. The van der Waals surface area contributed by atoms with E-state index in [0.29, 0.717) is 0 Å². The number of ether oxygens (including phenoxy) is 1. The van der Waals surface area contributed by atoms with Gasteiger partial charge in [0.05, 0.1) is 11.9 Å². The fourth-order valence-electron chi connectivity index (χ4n) is 3.52. The molecule has 1 N–H and O–H groups in total. The van der Waals surface area contributed by atoms with Gasteiger partial charge >= 0.3 is 0 Å². The molecular formula is C20H28N4OS. The van der Waals surface area contributed by atoms with Gasteiger partial charge in [-0.1, -0.05) is 26.0 Å². The average Bonchev–Trinajstić information content (AvgIpc) is 3.00. The summed E-state index contributed by atoms with van der Waals surface area (Å²) < 4.78 is 5.95. The number of anilines is 1. The van der Waals surface area contributed by atoms with Gasteiger partial charge in [0.2, 0.25) is 5.13 Å². The van der Waals surface area contributed by atoms with E-state index in [9.17, 15) is 0 Å². The Hall–Kier alpha value is -1.92. The molecule has 1 aromatic heterocycles. The third kappa shape index (κ3) is 5.81. The van der Waals surface area contributed by atoms with Gasteiger partial charge in [0.1, 0.15) is 12.4 Å². The molecule has 26 heavy (non-hydrogen) atoms. The van der Waals surface area contributed by atoms with E-state index in [1.807, 2.05) is 36.6 Å². The standard InChI is InChI=1S/C20H28N4OS/c1-15-9-16(2)13-24(12-15)7-8-25-19-6-4-5-18(10-19)11-21-23-20-22-17(3)14-26-20/h4-6,10-11,14-16H,7-9,12-13H2,1-3H3,(H,22,23). The van der Waals surface area contributed by atoms with E-state index in [1.54, 1.807) is 17.6 Å². The van der Waals surface area contributed by atoms with Crippen LogP contribution in [0.2, 0.25) is 0 Å². The van der Waals surface area contributed by atoms with Crippen molar-refractivity contribution in [1.82, 2.24) is 9.88 Å². The van der Waals surface area contributed by atoms with Crippen LogP contribution in [0, 0.1) is 18.8 Å². The van der Waals surface area contributed by atoms with Crippen LogP contribution in [0.15, 0.2) is 34.7 Å². The number of benzene rings is 1. The quantitative estimate of drug-likeness (QED) is 0.583. The van der Waals surface area contributed by atoms with Crippen molar-refractivity contribution in [2.75, 3.05) is 31.7 Å². The van der Waals surface area contributed by atoms with Crippen molar-refractivity contribution < 1.29 is 4.74 Å². The van der Waals surface area contributed by atoms with Gasteiger partial charge in [-0.15, -0.1) is 11.3 Å². The number of nitrogens with zero attached hydrogens (tertiary/aromatic N) is 3. The van der Waals surface area contributed by atoms with Crippen molar-refractivity contribution in [3.05, 3.63) is 40.9 Å². The summed E-state index contributed by atoms with van der Waals surface area (Å²) in [5.74, 6) is 2.46. The highest BCUT2D eigenvalue weighted by molar-refractivity contribution is 7.13. The number of rotatable bonds is 7. The van der Waals surface area contributed by atoms with Gasteiger partial charge in [0.15, 0.2) is 0 Å². The third-order valence-corrected chi connectivity index (χ3v) is 5.34. The maximum atomic E-state index is 5.95. The number of hydrogen-bond donors (Lipinski definition) is 1. The van der Waals surface area contributed by atoms with Gasteiger partial charge in [-0.25, -0.2) is 4.98 Å². The predicted octanol–water partition coefficient (Wildman–Crippen LogP) is 4.25. The van der Waals surface area contributed by atoms with E-state index >= 15 is 0 Å². The lowest BCUT2D eigenvalue weighted by molar-refractivity contribution is 0.120. The summed E-state index contributed by atoms with van der Waals surface area (Å²) in [4.78, 5) is 6.84. The highest BCUT2D eigenvalue weighted by Crippen LogP contribution is 2.21. The van der Waals surface area contributed by atoms with E-state index in [4.69, 9.17) is 4.74 Å². The smallest absolute Gasteiger partial charge is 0.203 e. The largest absolute Gasteiger partial charge is 0.492 e. The molecule has 3 rings (SSSR count). The molecule has 1 aliphatic rings. The number of hydrogen-bond acceptors (Lipinski definition) is 6. The molecule has 0 saturated carbocycles. The molecule has 0 bridgehead atoms. The zero-order valence-corrected chi connectivity index (χ0v) is 16.6. The van der Waals surface area contributed by atoms with E-state index < -0.39 is 0 Å². The van der Waals surface area contributed by atoms with Crippen molar-refractivity contribution in [3.8, 4) is 5.75 Å². The summed E-state index contributed by atoms with van der Waals surface area (Å²) in [6, 6.07) is 8.02. The Morgan fingerprint density at radius 1 is 1.35 bits per heavy atom. The first kappa shape index (κ1) is 18.9. The van der Waals surface area contributed by atoms with Gasteiger partial charge in [-0.2, -0.15) is 5.10 Å². The molecule has 0 spiro atoms. The Bertz CT molecular complexity index is 720. The minimum atomic E-state index is 0.719. The number of hydrazone groups is 1. The molecule has 2 unspecified atom stereocenters. The van der Waals surface area contributed by atoms with E-state index in [2.05, 4.69) is 34.3 Å². The topological polar surface area (TPSA) is 49.8 Å². The van der Waals surface area contributed by atoms with Crippen molar-refractivity contribution in [3.63, 3.8) is 0 Å². The average molecular weight is 373 g/mol. The van der Waals surface area contributed by atoms with E-state index in [-0.39, 0.29) is 0 Å². The van der Waals surface area contributed by atoms with Gasteiger partial charge in [-0.3, -0.25) is 10.3 Å². The molecule has 1 aromatic carbocycles. The molecule has 0 aliphatic carbocycles. The summed E-state index contributed by atoms with van der Waals surface area (Å²) in [6.07, 6.45) is 3.13. The van der Waals surface area contributed by atoms with Crippen LogP contribution in [0.4, 0.5) is 5.13 Å². The number of thiazole rings is 1. The molecule has 140 valence electrons. The maximum Gasteiger partial charge on any atom is 0.203 e. The first-order chi connectivity index (χ1) is 12.6. The SMILES string of the molecule is Cc1csc(NN=Cc2cccc(OCCN3CC(C)CC(C)C3)c2)n1. The normalized spacial score (nSPS) is 21.2. The van der Waals surface area contributed by atoms with Crippen molar-refractivity contribution in [1.29, 1.82) is 0 Å². The molecule has 5 nitrogen and oxygen atoms in total. The second kappa shape index (κ2) is 9.14. The first-order valence-corrected chi connectivity index (χ1v) is 10.1. The Labute approximate surface area is 160 Å². The fourth-order valence-corrected chi connectivity index (χ4v) is 4.16. The molecule has 0 amide bonds. The monoisotopic (exact) mass is 372 g/mol. The van der Waals surface area contributed by atoms with Gasteiger partial charge in [-0.05, 0) is 42.9 Å². The summed E-state index contributed by atoms with van der Waals surface area (Å²) >= 11 is 1.55. The Balaban J connectivity index is 1.46. The molecule has 1 saturated heterocycles. The van der Waals surface area contributed by atoms with Crippen LogP contribution in [0.25, 0.3) is 0 Å². The van der Waals surface area contributed by atoms with Crippen LogP contribution in [-0.4, -0.2) is 42.3 Å². The Kier molecular flexibility index (Phi) is 6.63. The minimum Gasteiger partial charge on any atom is -0.492 e. The summed E-state index contributed by atoms with van der Waals surface area (Å²) in [5, 5.41) is 7.04. The van der Waals surface area contributed by atoms with Crippen LogP contribution in [0.3, 0.4) is 0 Å². The van der Waals surface area contributed by atoms with Crippen molar-refractivity contribution in [2.45, 2.75) is 27.2 Å². The Morgan fingerprint density at radius 2 is 2.15 bits per heavy atom. The van der Waals surface area contributed by atoms with Gasteiger partial charge in [0.25, 0.3) is 0 Å². The second-order valence-corrected chi connectivity index (χ2v) is 8.15. The molecular weight excluding hydrogens is 344 g/mol. The number of likely N-dealkylation sites (tertiary alicyclic amines) is 1. The predicted molar refractivity (Wildman–Crippen MR) is 109 cm³/mol.